The minimum atomic E-state index is -0.426. The topological polar surface area (TPSA) is 79.9 Å². The number of thiocarbonyl (C=S) groups is 1. The average Bonchev–Trinajstić information content (AvgIpc) is 2.61. The number of hydrogen-bond acceptors (Lipinski definition) is 5. The van der Waals surface area contributed by atoms with Crippen LogP contribution in [0.1, 0.15) is 39.3 Å². The molecule has 1 aromatic carbocycles. The van der Waals surface area contributed by atoms with Gasteiger partial charge in [0.2, 0.25) is 5.91 Å². The van der Waals surface area contributed by atoms with E-state index >= 15 is 0 Å². The Morgan fingerprint density at radius 2 is 1.93 bits per heavy atom. The monoisotopic (exact) mass is 405 g/mol. The summed E-state index contributed by atoms with van der Waals surface area (Å²) in [6.07, 6.45) is -0.226. The highest BCUT2D eigenvalue weighted by Gasteiger charge is 2.34. The molecule has 0 fully saturated rings. The minimum absolute atomic E-state index is 0.0137. The molecule has 152 valence electrons. The van der Waals surface area contributed by atoms with Crippen LogP contribution in [0.2, 0.25) is 0 Å². The van der Waals surface area contributed by atoms with Crippen LogP contribution in [0.5, 0.6) is 0 Å². The molecule has 0 spiro atoms. The summed E-state index contributed by atoms with van der Waals surface area (Å²) in [6.45, 7) is 8.12. The van der Waals surface area contributed by atoms with Crippen molar-refractivity contribution in [2.24, 2.45) is 0 Å². The van der Waals surface area contributed by atoms with Crippen molar-refractivity contribution in [3.63, 3.8) is 0 Å². The first-order valence-electron chi connectivity index (χ1n) is 9.17. The second-order valence-electron chi connectivity index (χ2n) is 6.68. The smallest absolute Gasteiger partial charge is 0.338 e. The van der Waals surface area contributed by atoms with Gasteiger partial charge in [0.05, 0.1) is 17.7 Å². The zero-order valence-corrected chi connectivity index (χ0v) is 17.7. The fourth-order valence-electron chi connectivity index (χ4n) is 3.04. The number of ether oxygens (including phenoxy) is 2. The molecule has 1 heterocycles. The van der Waals surface area contributed by atoms with Crippen molar-refractivity contribution < 1.29 is 19.1 Å². The Morgan fingerprint density at radius 1 is 1.29 bits per heavy atom. The Bertz CT molecular complexity index is 774. The Balaban J connectivity index is 2.35. The SMILES string of the molecule is CCN1C(=S)N[C@@H](c2ccc(NC(=O)COC)cc2)C(C(=O)OC(C)C)=C1C. The first-order valence-corrected chi connectivity index (χ1v) is 9.57. The van der Waals surface area contributed by atoms with Crippen molar-refractivity contribution in [1.29, 1.82) is 0 Å². The molecule has 0 unspecified atom stereocenters. The molecule has 1 atom stereocenters. The largest absolute Gasteiger partial charge is 0.459 e. The maximum atomic E-state index is 12.8. The van der Waals surface area contributed by atoms with Gasteiger partial charge in [-0.3, -0.25) is 4.79 Å². The predicted octanol–water partition coefficient (Wildman–Crippen LogP) is 2.75. The fourth-order valence-corrected chi connectivity index (χ4v) is 3.43. The van der Waals surface area contributed by atoms with E-state index in [1.54, 1.807) is 12.1 Å². The molecule has 0 saturated carbocycles. The maximum Gasteiger partial charge on any atom is 0.338 e. The lowest BCUT2D eigenvalue weighted by molar-refractivity contribution is -0.143. The molecule has 2 rings (SSSR count). The summed E-state index contributed by atoms with van der Waals surface area (Å²) in [5.41, 5.74) is 2.80. The molecule has 8 heteroatoms. The van der Waals surface area contributed by atoms with Crippen molar-refractivity contribution in [1.82, 2.24) is 10.2 Å². The predicted molar refractivity (Wildman–Crippen MR) is 112 cm³/mol. The minimum Gasteiger partial charge on any atom is -0.459 e. The van der Waals surface area contributed by atoms with E-state index < -0.39 is 6.04 Å². The molecule has 1 aliphatic heterocycles. The number of amides is 1. The van der Waals surface area contributed by atoms with Gasteiger partial charge in [-0.25, -0.2) is 4.79 Å². The summed E-state index contributed by atoms with van der Waals surface area (Å²) >= 11 is 5.48. The molecule has 0 saturated heterocycles. The van der Waals surface area contributed by atoms with Crippen LogP contribution in [0.15, 0.2) is 35.5 Å². The Kier molecular flexibility index (Phi) is 7.53. The normalized spacial score (nSPS) is 16.9. The van der Waals surface area contributed by atoms with Crippen molar-refractivity contribution in [3.8, 4) is 0 Å². The zero-order chi connectivity index (χ0) is 20.8. The molecule has 1 aliphatic rings. The van der Waals surface area contributed by atoms with Crippen molar-refractivity contribution in [2.75, 3.05) is 25.6 Å². The van der Waals surface area contributed by atoms with E-state index in [2.05, 4.69) is 10.6 Å². The molecular weight excluding hydrogens is 378 g/mol. The number of carbonyl (C=O) groups is 2. The van der Waals surface area contributed by atoms with Gasteiger partial charge in [0.25, 0.3) is 0 Å². The standard InChI is InChI=1S/C20H27N3O4S/c1-6-23-13(4)17(19(25)27-12(2)3)18(22-20(23)28)14-7-9-15(10-8-14)21-16(24)11-26-5/h7-10,12,18H,6,11H2,1-5H3,(H,21,24)(H,22,28)/t18-/m0/s1. The molecule has 1 amide bonds. The summed E-state index contributed by atoms with van der Waals surface area (Å²) in [5, 5.41) is 6.54. The van der Waals surface area contributed by atoms with Crippen molar-refractivity contribution in [3.05, 3.63) is 41.1 Å². The van der Waals surface area contributed by atoms with Gasteiger partial charge in [-0.2, -0.15) is 0 Å². The number of methoxy groups -OCH3 is 1. The second kappa shape index (κ2) is 9.66. The maximum absolute atomic E-state index is 12.8. The Morgan fingerprint density at radius 3 is 2.46 bits per heavy atom. The highest BCUT2D eigenvalue weighted by molar-refractivity contribution is 7.80. The van der Waals surface area contributed by atoms with Crippen LogP contribution in [0.3, 0.4) is 0 Å². The first kappa shape index (κ1) is 21.8. The highest BCUT2D eigenvalue weighted by Crippen LogP contribution is 2.32. The third-order valence-corrected chi connectivity index (χ3v) is 4.62. The number of rotatable bonds is 7. The average molecular weight is 406 g/mol. The van der Waals surface area contributed by atoms with Gasteiger partial charge in [0, 0.05) is 25.0 Å². The van der Waals surface area contributed by atoms with E-state index in [1.165, 1.54) is 7.11 Å². The molecule has 0 aliphatic carbocycles. The third kappa shape index (κ3) is 5.08. The summed E-state index contributed by atoms with van der Waals surface area (Å²) in [5.74, 6) is -0.605. The van der Waals surface area contributed by atoms with E-state index in [0.29, 0.717) is 22.9 Å². The van der Waals surface area contributed by atoms with Crippen LogP contribution in [-0.4, -0.2) is 48.3 Å². The Labute approximate surface area is 171 Å². The number of anilines is 1. The van der Waals surface area contributed by atoms with Crippen LogP contribution >= 0.6 is 12.2 Å². The zero-order valence-electron chi connectivity index (χ0n) is 16.9. The quantitative estimate of drug-likeness (QED) is 0.533. The van der Waals surface area contributed by atoms with Gasteiger partial charge in [-0.05, 0) is 57.6 Å². The van der Waals surface area contributed by atoms with Gasteiger partial charge >= 0.3 is 5.97 Å². The Hall–Kier alpha value is -2.45. The number of nitrogens with one attached hydrogen (secondary N) is 2. The number of esters is 1. The number of hydrogen-bond donors (Lipinski definition) is 2. The van der Waals surface area contributed by atoms with Crippen LogP contribution in [0, 0.1) is 0 Å². The fraction of sp³-hybridized carbons (Fsp3) is 0.450. The van der Waals surface area contributed by atoms with Gasteiger partial charge < -0.3 is 25.0 Å². The molecule has 0 bridgehead atoms. The van der Waals surface area contributed by atoms with Gasteiger partial charge in [0.15, 0.2) is 5.11 Å². The van der Waals surface area contributed by atoms with Crippen molar-refractivity contribution in [2.45, 2.75) is 39.8 Å². The van der Waals surface area contributed by atoms with Crippen LogP contribution in [0.25, 0.3) is 0 Å². The third-order valence-electron chi connectivity index (χ3n) is 4.28. The lowest BCUT2D eigenvalue weighted by Gasteiger charge is -2.37. The van der Waals surface area contributed by atoms with Crippen LogP contribution < -0.4 is 10.6 Å². The number of nitrogens with zero attached hydrogens (tertiary/aromatic N) is 1. The molecule has 28 heavy (non-hydrogen) atoms. The summed E-state index contributed by atoms with van der Waals surface area (Å²) < 4.78 is 10.3. The lowest BCUT2D eigenvalue weighted by atomic mass is 9.94. The van der Waals surface area contributed by atoms with Gasteiger partial charge in [-0.15, -0.1) is 0 Å². The molecule has 0 aromatic heterocycles. The summed E-state index contributed by atoms with van der Waals surface area (Å²) in [7, 11) is 1.46. The number of allylic oxidation sites excluding steroid dienone is 1. The van der Waals surface area contributed by atoms with Crippen LogP contribution in [-0.2, 0) is 19.1 Å². The second-order valence-corrected chi connectivity index (χ2v) is 7.07. The molecule has 2 N–H and O–H groups in total. The van der Waals surface area contributed by atoms with E-state index in [4.69, 9.17) is 21.7 Å². The van der Waals surface area contributed by atoms with E-state index in [9.17, 15) is 9.59 Å². The number of benzene rings is 1. The van der Waals surface area contributed by atoms with E-state index in [-0.39, 0.29) is 24.6 Å². The molecular formula is C20H27N3O4S. The molecule has 7 nitrogen and oxygen atoms in total. The number of carbonyl (C=O) groups excluding carboxylic acids is 2. The molecule has 0 radical (unpaired) electrons. The lowest BCUT2D eigenvalue weighted by Crippen LogP contribution is -2.47. The van der Waals surface area contributed by atoms with Gasteiger partial charge in [0.1, 0.15) is 6.61 Å². The first-order chi connectivity index (χ1) is 13.3. The van der Waals surface area contributed by atoms with Gasteiger partial charge in [-0.1, -0.05) is 12.1 Å². The highest BCUT2D eigenvalue weighted by atomic mass is 32.1. The van der Waals surface area contributed by atoms with Crippen molar-refractivity contribution >= 4 is 34.9 Å². The van der Waals surface area contributed by atoms with Crippen LogP contribution in [0.4, 0.5) is 5.69 Å². The molecule has 1 aromatic rings. The van der Waals surface area contributed by atoms with E-state index in [0.717, 1.165) is 11.3 Å². The van der Waals surface area contributed by atoms with E-state index in [1.807, 2.05) is 44.7 Å². The summed E-state index contributed by atoms with van der Waals surface area (Å²) in [6, 6.07) is 6.83. The summed E-state index contributed by atoms with van der Waals surface area (Å²) in [4.78, 5) is 26.3.